The van der Waals surface area contributed by atoms with E-state index >= 15 is 0 Å². The Labute approximate surface area is 146 Å². The molecule has 1 heterocycles. The normalized spacial score (nSPS) is 15.8. The number of aromatic hydroxyl groups is 1. The van der Waals surface area contributed by atoms with Gasteiger partial charge in [0.25, 0.3) is 0 Å². The van der Waals surface area contributed by atoms with Crippen LogP contribution in [0, 0.1) is 12.7 Å². The van der Waals surface area contributed by atoms with Crippen LogP contribution in [0.15, 0.2) is 41.6 Å². The molecule has 2 N–H and O–H groups in total. The largest absolute Gasteiger partial charge is 0.507 e. The third-order valence-electron chi connectivity index (χ3n) is 4.52. The smallest absolute Gasteiger partial charge is 0.146 e. The van der Waals surface area contributed by atoms with Gasteiger partial charge in [-0.1, -0.05) is 23.4 Å². The van der Waals surface area contributed by atoms with Gasteiger partial charge in [0.15, 0.2) is 0 Å². The number of piperazine rings is 1. The van der Waals surface area contributed by atoms with E-state index in [9.17, 15) is 9.50 Å². The van der Waals surface area contributed by atoms with Gasteiger partial charge >= 0.3 is 0 Å². The van der Waals surface area contributed by atoms with Crippen LogP contribution in [0.3, 0.4) is 0 Å². The molecule has 1 aliphatic rings. The number of rotatable bonds is 4. The zero-order chi connectivity index (χ0) is 17.8. The number of nitrogens with zero attached hydrogens (tertiary/aromatic N) is 3. The summed E-state index contributed by atoms with van der Waals surface area (Å²) >= 11 is 0. The lowest BCUT2D eigenvalue weighted by molar-refractivity contribution is 0.246. The number of benzene rings is 2. The molecule has 1 aliphatic heterocycles. The van der Waals surface area contributed by atoms with E-state index in [0.717, 1.165) is 37.3 Å². The number of oxime groups is 1. The first kappa shape index (κ1) is 17.2. The van der Waals surface area contributed by atoms with Crippen molar-refractivity contribution in [2.45, 2.75) is 13.5 Å². The Morgan fingerprint density at radius 3 is 2.56 bits per heavy atom. The van der Waals surface area contributed by atoms with Gasteiger partial charge in [-0.2, -0.15) is 0 Å². The highest BCUT2D eigenvalue weighted by Crippen LogP contribution is 2.26. The molecule has 0 aromatic heterocycles. The number of anilines is 1. The highest BCUT2D eigenvalue weighted by molar-refractivity contribution is 5.84. The molecule has 0 unspecified atom stereocenters. The summed E-state index contributed by atoms with van der Waals surface area (Å²) in [6.45, 7) is 5.58. The molecule has 1 fully saturated rings. The number of para-hydroxylation sites is 1. The molecular formula is C19H22FN3O2. The fourth-order valence-corrected chi connectivity index (χ4v) is 3.26. The Hall–Kier alpha value is -2.60. The molecule has 0 radical (unpaired) electrons. The molecule has 25 heavy (non-hydrogen) atoms. The van der Waals surface area contributed by atoms with E-state index in [0.29, 0.717) is 17.8 Å². The molecule has 132 valence electrons. The van der Waals surface area contributed by atoms with Crippen LogP contribution in [-0.2, 0) is 6.54 Å². The molecule has 0 saturated carbocycles. The molecule has 0 spiro atoms. The molecule has 1 saturated heterocycles. The van der Waals surface area contributed by atoms with E-state index in [-0.39, 0.29) is 11.6 Å². The maximum absolute atomic E-state index is 13.9. The van der Waals surface area contributed by atoms with E-state index in [4.69, 9.17) is 5.21 Å². The van der Waals surface area contributed by atoms with Gasteiger partial charge in [-0.25, -0.2) is 4.39 Å². The first-order valence-corrected chi connectivity index (χ1v) is 8.30. The molecular weight excluding hydrogens is 321 g/mol. The molecule has 5 nitrogen and oxygen atoms in total. The number of phenols is 1. The average Bonchev–Trinajstić information content (AvgIpc) is 2.60. The lowest BCUT2D eigenvalue weighted by Gasteiger charge is -2.36. The van der Waals surface area contributed by atoms with Gasteiger partial charge in [-0.15, -0.1) is 0 Å². The summed E-state index contributed by atoms with van der Waals surface area (Å²) in [5, 5.41) is 22.1. The molecule has 3 rings (SSSR count). The van der Waals surface area contributed by atoms with E-state index in [2.05, 4.69) is 10.1 Å². The second-order valence-corrected chi connectivity index (χ2v) is 6.32. The highest BCUT2D eigenvalue weighted by atomic mass is 19.1. The molecule has 2 aromatic rings. The Balaban J connectivity index is 1.68. The monoisotopic (exact) mass is 343 g/mol. The van der Waals surface area contributed by atoms with Gasteiger partial charge in [-0.3, -0.25) is 4.90 Å². The van der Waals surface area contributed by atoms with Crippen LogP contribution >= 0.6 is 0 Å². The van der Waals surface area contributed by atoms with Crippen molar-refractivity contribution in [3.8, 4) is 5.75 Å². The first-order chi connectivity index (χ1) is 12.1. The third kappa shape index (κ3) is 3.91. The minimum Gasteiger partial charge on any atom is -0.507 e. The summed E-state index contributed by atoms with van der Waals surface area (Å²) in [4.78, 5) is 4.28. The summed E-state index contributed by atoms with van der Waals surface area (Å²) < 4.78 is 13.9. The van der Waals surface area contributed by atoms with Crippen LogP contribution in [0.4, 0.5) is 10.1 Å². The fraction of sp³-hybridized carbons (Fsp3) is 0.316. The Bertz CT molecular complexity index is 771. The number of aryl methyl sites for hydroxylation is 1. The minimum atomic E-state index is -0.194. The van der Waals surface area contributed by atoms with Crippen LogP contribution < -0.4 is 4.90 Å². The fourth-order valence-electron chi connectivity index (χ4n) is 3.26. The zero-order valence-corrected chi connectivity index (χ0v) is 14.2. The summed E-state index contributed by atoms with van der Waals surface area (Å²) in [5.74, 6) is -0.0554. The number of hydrogen-bond donors (Lipinski definition) is 2. The van der Waals surface area contributed by atoms with Gasteiger partial charge in [0.1, 0.15) is 11.6 Å². The van der Waals surface area contributed by atoms with Crippen molar-refractivity contribution in [3.05, 3.63) is 58.9 Å². The van der Waals surface area contributed by atoms with Crippen LogP contribution in [-0.4, -0.2) is 47.6 Å². The average molecular weight is 343 g/mol. The van der Waals surface area contributed by atoms with Gasteiger partial charge < -0.3 is 15.2 Å². The third-order valence-corrected chi connectivity index (χ3v) is 4.52. The second kappa shape index (κ2) is 7.53. The predicted octanol–water partition coefficient (Wildman–Crippen LogP) is 2.97. The predicted molar refractivity (Wildman–Crippen MR) is 96.1 cm³/mol. The summed E-state index contributed by atoms with van der Waals surface area (Å²) in [6.07, 6.45) is 1.24. The molecule has 0 amide bonds. The number of phenolic OH excluding ortho intramolecular Hbond substituents is 1. The van der Waals surface area contributed by atoms with Crippen molar-refractivity contribution in [3.63, 3.8) is 0 Å². The first-order valence-electron chi connectivity index (χ1n) is 8.30. The van der Waals surface area contributed by atoms with Crippen molar-refractivity contribution in [1.29, 1.82) is 0 Å². The lowest BCUT2D eigenvalue weighted by Crippen LogP contribution is -2.46. The second-order valence-electron chi connectivity index (χ2n) is 6.32. The minimum absolute atomic E-state index is 0.139. The van der Waals surface area contributed by atoms with E-state index < -0.39 is 0 Å². The lowest BCUT2D eigenvalue weighted by atomic mass is 10.0. The summed E-state index contributed by atoms with van der Waals surface area (Å²) in [5.41, 5.74) is 2.94. The van der Waals surface area contributed by atoms with Crippen molar-refractivity contribution in [1.82, 2.24) is 4.90 Å². The van der Waals surface area contributed by atoms with E-state index in [1.165, 1.54) is 12.3 Å². The maximum atomic E-state index is 13.9. The summed E-state index contributed by atoms with van der Waals surface area (Å²) in [7, 11) is 0. The maximum Gasteiger partial charge on any atom is 0.146 e. The van der Waals surface area contributed by atoms with Crippen molar-refractivity contribution in [2.24, 2.45) is 5.16 Å². The van der Waals surface area contributed by atoms with E-state index in [1.807, 2.05) is 24.0 Å². The van der Waals surface area contributed by atoms with Gasteiger partial charge in [-0.05, 0) is 30.7 Å². The molecule has 0 bridgehead atoms. The molecule has 2 aromatic carbocycles. The Morgan fingerprint density at radius 1 is 1.16 bits per heavy atom. The van der Waals surface area contributed by atoms with Crippen LogP contribution in [0.5, 0.6) is 5.75 Å². The Kier molecular flexibility index (Phi) is 5.19. The van der Waals surface area contributed by atoms with Gasteiger partial charge in [0.05, 0.1) is 11.9 Å². The van der Waals surface area contributed by atoms with E-state index in [1.54, 1.807) is 18.2 Å². The van der Waals surface area contributed by atoms with Gasteiger partial charge in [0, 0.05) is 43.9 Å². The van der Waals surface area contributed by atoms with Gasteiger partial charge in [0.2, 0.25) is 0 Å². The molecule has 0 aliphatic carbocycles. The van der Waals surface area contributed by atoms with Crippen LogP contribution in [0.1, 0.15) is 16.7 Å². The highest BCUT2D eigenvalue weighted by Gasteiger charge is 2.20. The van der Waals surface area contributed by atoms with Crippen LogP contribution in [0.25, 0.3) is 0 Å². The standard InChI is InChI=1S/C19H22FN3O2/c1-14-10-15(12-21-25)19(24)16(11-14)13-22-6-8-23(9-7-22)18-5-3-2-4-17(18)20/h2-5,10-12,24-25H,6-9,13H2,1H3/b21-12+. The SMILES string of the molecule is Cc1cc(/C=N/O)c(O)c(CN2CCN(c3ccccc3F)CC2)c1. The van der Waals surface area contributed by atoms with Crippen molar-refractivity contribution >= 4 is 11.9 Å². The van der Waals surface area contributed by atoms with Crippen molar-refractivity contribution < 1.29 is 14.7 Å². The molecule has 6 heteroatoms. The topological polar surface area (TPSA) is 59.3 Å². The van der Waals surface area contributed by atoms with Crippen molar-refractivity contribution in [2.75, 3.05) is 31.1 Å². The number of hydrogen-bond acceptors (Lipinski definition) is 5. The number of halogens is 1. The zero-order valence-electron chi connectivity index (χ0n) is 14.2. The Morgan fingerprint density at radius 2 is 1.88 bits per heavy atom. The van der Waals surface area contributed by atoms with Crippen LogP contribution in [0.2, 0.25) is 0 Å². The quantitative estimate of drug-likeness (QED) is 0.509. The molecule has 0 atom stereocenters. The summed E-state index contributed by atoms with van der Waals surface area (Å²) in [6, 6.07) is 10.5.